The molecule has 2 N–H and O–H groups in total. The van der Waals surface area contributed by atoms with Crippen molar-refractivity contribution >= 4 is 17.5 Å². The van der Waals surface area contributed by atoms with Gasteiger partial charge in [0.15, 0.2) is 11.5 Å². The van der Waals surface area contributed by atoms with Crippen molar-refractivity contribution < 1.29 is 40.8 Å². The molecule has 0 saturated heterocycles. The number of carbonyl (C=O) groups is 1. The zero-order valence-electron chi connectivity index (χ0n) is 21.3. The summed E-state index contributed by atoms with van der Waals surface area (Å²) in [6, 6.07) is 16.6. The number of nitrogens with zero attached hydrogens (tertiary/aromatic N) is 5. The van der Waals surface area contributed by atoms with Crippen molar-refractivity contribution in [1.29, 1.82) is 0 Å². The maximum absolute atomic E-state index is 13.5. The van der Waals surface area contributed by atoms with Gasteiger partial charge in [-0.25, -0.2) is 19.1 Å². The fourth-order valence-corrected chi connectivity index (χ4v) is 3.68. The molecule has 3 aromatic carbocycles. The van der Waals surface area contributed by atoms with Crippen LogP contribution in [0.2, 0.25) is 0 Å². The molecule has 5 rings (SSSR count). The Morgan fingerprint density at radius 2 is 1.60 bits per heavy atom. The van der Waals surface area contributed by atoms with Gasteiger partial charge in [0.2, 0.25) is 5.82 Å². The molecular weight excluding hydrogens is 569 g/mol. The molecule has 0 spiro atoms. The second-order valence-electron chi connectivity index (χ2n) is 8.58. The Hall–Kier alpha value is -5.54. The van der Waals surface area contributed by atoms with Crippen molar-refractivity contribution in [3.63, 3.8) is 0 Å². The quantitative estimate of drug-likeness (QED) is 0.196. The van der Waals surface area contributed by atoms with Gasteiger partial charge in [-0.1, -0.05) is 12.1 Å². The Labute approximate surface area is 232 Å². The van der Waals surface area contributed by atoms with E-state index in [0.717, 1.165) is 12.1 Å². The molecule has 2 heterocycles. The third-order valence-corrected chi connectivity index (χ3v) is 5.38. The van der Waals surface area contributed by atoms with Crippen molar-refractivity contribution in [2.75, 3.05) is 10.6 Å². The Morgan fingerprint density at radius 3 is 2.29 bits per heavy atom. The largest absolute Gasteiger partial charge is 0.573 e. The van der Waals surface area contributed by atoms with Gasteiger partial charge in [0.05, 0.1) is 5.69 Å². The Kier molecular flexibility index (Phi) is 7.43. The number of carbonyl (C=O) groups excluding carboxylic acids is 1. The standard InChI is InChI=1S/C26H18F5N7O4/c1-25(27,28)41-20-5-3-2-4-19(20)21-23(37-42-36-21)34-24(39)33-16-8-6-15(7-9-16)22-32-14-38(35-22)17-10-12-18(13-11-17)40-26(29,30)31/h2-14H,1H3,(H2,33,34,37,39). The number of urea groups is 1. The molecule has 2 amide bonds. The van der Waals surface area contributed by atoms with Crippen LogP contribution >= 0.6 is 0 Å². The summed E-state index contributed by atoms with van der Waals surface area (Å²) in [4.78, 5) is 16.8. The van der Waals surface area contributed by atoms with Gasteiger partial charge in [0, 0.05) is 23.7 Å². The van der Waals surface area contributed by atoms with Crippen LogP contribution in [-0.4, -0.2) is 43.6 Å². The Morgan fingerprint density at radius 1 is 0.881 bits per heavy atom. The highest BCUT2D eigenvalue weighted by Gasteiger charge is 2.31. The summed E-state index contributed by atoms with van der Waals surface area (Å²) < 4.78 is 78.6. The highest BCUT2D eigenvalue weighted by molar-refractivity contribution is 6.01. The average Bonchev–Trinajstić information content (AvgIpc) is 3.58. The first-order valence-corrected chi connectivity index (χ1v) is 11.9. The third-order valence-electron chi connectivity index (χ3n) is 5.38. The minimum atomic E-state index is -4.79. The summed E-state index contributed by atoms with van der Waals surface area (Å²) in [5.41, 5.74) is 1.52. The van der Waals surface area contributed by atoms with Crippen LogP contribution < -0.4 is 20.1 Å². The number of aromatic nitrogens is 5. The maximum atomic E-state index is 13.5. The van der Waals surface area contributed by atoms with E-state index in [-0.39, 0.29) is 28.6 Å². The number of para-hydroxylation sites is 1. The van der Waals surface area contributed by atoms with Crippen molar-refractivity contribution in [2.45, 2.75) is 19.4 Å². The number of hydrogen-bond donors (Lipinski definition) is 2. The van der Waals surface area contributed by atoms with Gasteiger partial charge in [0.25, 0.3) is 0 Å². The monoisotopic (exact) mass is 587 g/mol. The number of alkyl halides is 5. The summed E-state index contributed by atoms with van der Waals surface area (Å²) in [6.45, 7) is 0.587. The van der Waals surface area contributed by atoms with E-state index >= 15 is 0 Å². The number of amides is 2. The zero-order valence-corrected chi connectivity index (χ0v) is 21.3. The van der Waals surface area contributed by atoms with E-state index in [1.54, 1.807) is 30.3 Å². The van der Waals surface area contributed by atoms with Crippen LogP contribution in [0.5, 0.6) is 11.5 Å². The molecule has 42 heavy (non-hydrogen) atoms. The fraction of sp³-hybridized carbons (Fsp3) is 0.115. The van der Waals surface area contributed by atoms with E-state index in [1.807, 2.05) is 0 Å². The van der Waals surface area contributed by atoms with Gasteiger partial charge in [-0.3, -0.25) is 5.32 Å². The minimum Gasteiger partial charge on any atom is -0.432 e. The van der Waals surface area contributed by atoms with Crippen LogP contribution in [0.15, 0.2) is 83.8 Å². The first kappa shape index (κ1) is 28.0. The number of hydrogen-bond acceptors (Lipinski definition) is 8. The second kappa shape index (κ2) is 11.1. The number of halogens is 5. The molecule has 0 aliphatic rings. The van der Waals surface area contributed by atoms with Crippen LogP contribution in [0, 0.1) is 0 Å². The van der Waals surface area contributed by atoms with Crippen molar-refractivity contribution in [2.24, 2.45) is 0 Å². The van der Waals surface area contributed by atoms with Crippen LogP contribution in [-0.2, 0) is 0 Å². The van der Waals surface area contributed by atoms with Gasteiger partial charge < -0.3 is 14.8 Å². The van der Waals surface area contributed by atoms with E-state index < -0.39 is 18.5 Å². The van der Waals surface area contributed by atoms with Crippen LogP contribution in [0.4, 0.5) is 38.3 Å². The molecule has 0 saturated carbocycles. The SMILES string of the molecule is CC(F)(F)Oc1ccccc1-c1nonc1NC(=O)Nc1ccc(-c2ncn(-c3ccc(OC(F)(F)F)cc3)n2)cc1. The smallest absolute Gasteiger partial charge is 0.432 e. The first-order chi connectivity index (χ1) is 19.9. The summed E-state index contributed by atoms with van der Waals surface area (Å²) in [7, 11) is 0. The van der Waals surface area contributed by atoms with E-state index in [9.17, 15) is 26.7 Å². The molecule has 16 heteroatoms. The molecule has 2 aromatic heterocycles. The molecule has 0 aliphatic carbocycles. The van der Waals surface area contributed by atoms with Crippen molar-refractivity contribution in [1.82, 2.24) is 25.1 Å². The zero-order chi connectivity index (χ0) is 29.9. The van der Waals surface area contributed by atoms with Gasteiger partial charge in [-0.15, -0.1) is 18.3 Å². The van der Waals surface area contributed by atoms with Gasteiger partial charge >= 0.3 is 18.5 Å². The van der Waals surface area contributed by atoms with Gasteiger partial charge in [-0.05, 0) is 71.0 Å². The molecule has 5 aromatic rings. The van der Waals surface area contributed by atoms with Crippen LogP contribution in [0.25, 0.3) is 28.3 Å². The number of benzene rings is 3. The van der Waals surface area contributed by atoms with E-state index in [2.05, 4.69) is 40.5 Å². The van der Waals surface area contributed by atoms with Gasteiger partial charge in [-0.2, -0.15) is 8.78 Å². The molecule has 11 nitrogen and oxygen atoms in total. The molecule has 0 radical (unpaired) electrons. The predicted octanol–water partition coefficient (Wildman–Crippen LogP) is 6.52. The molecular formula is C26H18F5N7O4. The normalized spacial score (nSPS) is 11.7. The molecule has 0 bridgehead atoms. The lowest BCUT2D eigenvalue weighted by Crippen LogP contribution is -2.21. The second-order valence-corrected chi connectivity index (χ2v) is 8.58. The number of anilines is 2. The van der Waals surface area contributed by atoms with Crippen LogP contribution in [0.3, 0.4) is 0 Å². The highest BCUT2D eigenvalue weighted by atomic mass is 19.4. The van der Waals surface area contributed by atoms with Crippen molar-refractivity contribution in [3.8, 4) is 39.8 Å². The maximum Gasteiger partial charge on any atom is 0.573 e. The molecule has 0 unspecified atom stereocenters. The average molecular weight is 587 g/mol. The Balaban J connectivity index is 1.23. The number of ether oxygens (including phenoxy) is 2. The van der Waals surface area contributed by atoms with E-state index in [0.29, 0.717) is 29.7 Å². The lowest BCUT2D eigenvalue weighted by atomic mass is 10.1. The molecule has 0 atom stereocenters. The lowest BCUT2D eigenvalue weighted by Gasteiger charge is -2.15. The molecule has 0 fully saturated rings. The summed E-state index contributed by atoms with van der Waals surface area (Å²) in [5.74, 6) is -0.371. The predicted molar refractivity (Wildman–Crippen MR) is 137 cm³/mol. The Bertz CT molecular complexity index is 1680. The van der Waals surface area contributed by atoms with Crippen molar-refractivity contribution in [3.05, 3.63) is 79.1 Å². The summed E-state index contributed by atoms with van der Waals surface area (Å²) >= 11 is 0. The third kappa shape index (κ3) is 6.96. The highest BCUT2D eigenvalue weighted by Crippen LogP contribution is 2.35. The fourth-order valence-electron chi connectivity index (χ4n) is 3.68. The topological polar surface area (TPSA) is 129 Å². The summed E-state index contributed by atoms with van der Waals surface area (Å²) in [6.07, 6.45) is -6.86. The summed E-state index contributed by atoms with van der Waals surface area (Å²) in [5, 5.41) is 16.7. The first-order valence-electron chi connectivity index (χ1n) is 11.9. The van der Waals surface area contributed by atoms with E-state index in [4.69, 9.17) is 4.63 Å². The van der Waals surface area contributed by atoms with Crippen LogP contribution in [0.1, 0.15) is 6.92 Å². The number of rotatable bonds is 8. The molecule has 216 valence electrons. The minimum absolute atomic E-state index is 0.0236. The number of nitrogens with one attached hydrogen (secondary N) is 2. The lowest BCUT2D eigenvalue weighted by molar-refractivity contribution is -0.274. The van der Waals surface area contributed by atoms with E-state index in [1.165, 1.54) is 41.3 Å². The molecule has 0 aliphatic heterocycles. The van der Waals surface area contributed by atoms with Gasteiger partial charge in [0.1, 0.15) is 17.8 Å².